The van der Waals surface area contributed by atoms with E-state index in [1.54, 1.807) is 28.8 Å². The smallest absolute Gasteiger partial charge is 0.282 e. The van der Waals surface area contributed by atoms with Crippen LogP contribution in [0.2, 0.25) is 0 Å². The molecule has 0 fully saturated rings. The van der Waals surface area contributed by atoms with Crippen molar-refractivity contribution in [2.24, 2.45) is 5.73 Å². The number of thioether (sulfide) groups is 1. The molecule has 2 amide bonds. The van der Waals surface area contributed by atoms with Crippen LogP contribution in [0.1, 0.15) is 26.8 Å². The molecule has 0 saturated carbocycles. The Morgan fingerprint density at radius 1 is 1.15 bits per heavy atom. The van der Waals surface area contributed by atoms with Crippen LogP contribution >= 0.6 is 23.1 Å². The molecule has 3 heterocycles. The van der Waals surface area contributed by atoms with Crippen LogP contribution in [0.15, 0.2) is 52.2 Å². The van der Waals surface area contributed by atoms with Crippen LogP contribution in [-0.2, 0) is 23.6 Å². The van der Waals surface area contributed by atoms with Gasteiger partial charge in [0.15, 0.2) is 16.7 Å². The summed E-state index contributed by atoms with van der Waals surface area (Å²) in [7, 11) is 0. The van der Waals surface area contributed by atoms with Gasteiger partial charge in [0.1, 0.15) is 10.8 Å². The highest BCUT2D eigenvalue weighted by molar-refractivity contribution is 7.98. The van der Waals surface area contributed by atoms with Gasteiger partial charge in [-0.05, 0) is 29.8 Å². The third kappa shape index (κ3) is 5.81. The van der Waals surface area contributed by atoms with E-state index in [0.717, 1.165) is 16.9 Å². The van der Waals surface area contributed by atoms with Gasteiger partial charge < -0.3 is 15.5 Å². The maximum atomic E-state index is 13.0. The Labute approximate surface area is 195 Å². The number of rotatable bonds is 10. The normalized spacial score (nSPS) is 10.9. The summed E-state index contributed by atoms with van der Waals surface area (Å²) in [5.74, 6) is 0.272. The second-order valence-electron chi connectivity index (χ2n) is 6.75. The van der Waals surface area contributed by atoms with Crippen LogP contribution in [0.4, 0.5) is 4.39 Å². The largest absolute Gasteiger partial charge is 0.461 e. The summed E-state index contributed by atoms with van der Waals surface area (Å²) in [5, 5.41) is 20.5. The highest BCUT2D eigenvalue weighted by Gasteiger charge is 2.18. The minimum atomic E-state index is -0.439. The zero-order chi connectivity index (χ0) is 23.2. The van der Waals surface area contributed by atoms with E-state index < -0.39 is 5.91 Å². The zero-order valence-corrected chi connectivity index (χ0v) is 18.7. The minimum absolute atomic E-state index is 0.122. The summed E-state index contributed by atoms with van der Waals surface area (Å²) < 4.78 is 20.1. The molecule has 4 aromatic rings. The molecule has 170 valence electrons. The van der Waals surface area contributed by atoms with Gasteiger partial charge in [-0.1, -0.05) is 35.2 Å². The van der Waals surface area contributed by atoms with Crippen molar-refractivity contribution in [2.45, 2.75) is 30.4 Å². The molecule has 0 aliphatic rings. The first-order valence-corrected chi connectivity index (χ1v) is 11.5. The molecule has 0 aliphatic carbocycles. The van der Waals surface area contributed by atoms with Crippen molar-refractivity contribution in [1.82, 2.24) is 30.3 Å². The van der Waals surface area contributed by atoms with E-state index in [9.17, 15) is 14.0 Å². The van der Waals surface area contributed by atoms with Crippen LogP contribution in [0.5, 0.6) is 0 Å². The number of aromatic nitrogens is 5. The van der Waals surface area contributed by atoms with E-state index in [-0.39, 0.29) is 29.7 Å². The van der Waals surface area contributed by atoms with Crippen molar-refractivity contribution in [2.75, 3.05) is 0 Å². The number of hydrogen-bond donors (Lipinski definition) is 2. The quantitative estimate of drug-likeness (QED) is 0.325. The van der Waals surface area contributed by atoms with Crippen LogP contribution in [0, 0.1) is 5.82 Å². The number of amides is 2. The lowest BCUT2D eigenvalue weighted by Crippen LogP contribution is -2.22. The lowest BCUT2D eigenvalue weighted by atomic mass is 10.2. The van der Waals surface area contributed by atoms with E-state index in [4.69, 9.17) is 10.2 Å². The number of carbonyl (C=O) groups excluding carboxylic acids is 2. The van der Waals surface area contributed by atoms with Gasteiger partial charge in [-0.15, -0.1) is 20.4 Å². The average Bonchev–Trinajstić information content (AvgIpc) is 3.56. The van der Waals surface area contributed by atoms with E-state index in [2.05, 4.69) is 25.7 Å². The van der Waals surface area contributed by atoms with Crippen molar-refractivity contribution in [1.29, 1.82) is 0 Å². The van der Waals surface area contributed by atoms with Gasteiger partial charge in [-0.3, -0.25) is 14.2 Å². The first-order chi connectivity index (χ1) is 16.0. The molecule has 0 saturated heterocycles. The predicted molar refractivity (Wildman–Crippen MR) is 119 cm³/mol. The summed E-state index contributed by atoms with van der Waals surface area (Å²) in [5.41, 5.74) is 6.07. The molecule has 0 atom stereocenters. The standard InChI is InChI=1S/C20H18FN7O3S2/c21-13-5-3-12(4-6-13)10-23-18(30)19-26-24-16(33-19)11-32-20-27-25-17(14-2-1-9-31-14)28(20)8-7-15(22)29/h1-6,9H,7-8,10-11H2,(H2,22,29)(H,23,30). The molecule has 3 aromatic heterocycles. The second kappa shape index (κ2) is 10.4. The number of nitrogens with two attached hydrogens (primary N) is 1. The van der Waals surface area contributed by atoms with Gasteiger partial charge in [-0.2, -0.15) is 0 Å². The van der Waals surface area contributed by atoms with Crippen molar-refractivity contribution >= 4 is 34.9 Å². The maximum absolute atomic E-state index is 13.0. The Bertz CT molecular complexity index is 1240. The first kappa shape index (κ1) is 22.6. The van der Waals surface area contributed by atoms with E-state index >= 15 is 0 Å². The molecule has 0 aliphatic heterocycles. The number of halogens is 1. The van der Waals surface area contributed by atoms with Crippen LogP contribution in [-0.4, -0.2) is 36.8 Å². The lowest BCUT2D eigenvalue weighted by molar-refractivity contribution is -0.118. The molecule has 1 aromatic carbocycles. The molecule has 0 spiro atoms. The summed E-state index contributed by atoms with van der Waals surface area (Å²) in [6.07, 6.45) is 1.65. The number of primary amides is 1. The molecular formula is C20H18FN7O3S2. The van der Waals surface area contributed by atoms with E-state index in [1.807, 2.05) is 0 Å². The fourth-order valence-electron chi connectivity index (χ4n) is 2.80. The number of furan rings is 1. The van der Waals surface area contributed by atoms with Gasteiger partial charge in [0, 0.05) is 19.5 Å². The Morgan fingerprint density at radius 3 is 2.70 bits per heavy atom. The molecule has 0 radical (unpaired) electrons. The zero-order valence-electron chi connectivity index (χ0n) is 17.1. The van der Waals surface area contributed by atoms with Gasteiger partial charge >= 0.3 is 0 Å². The second-order valence-corrected chi connectivity index (χ2v) is 8.75. The molecule has 33 heavy (non-hydrogen) atoms. The molecule has 10 nitrogen and oxygen atoms in total. The minimum Gasteiger partial charge on any atom is -0.461 e. The first-order valence-electron chi connectivity index (χ1n) is 9.73. The topological polar surface area (TPSA) is 142 Å². The number of hydrogen-bond acceptors (Lipinski definition) is 9. The van der Waals surface area contributed by atoms with Crippen molar-refractivity contribution in [3.63, 3.8) is 0 Å². The number of benzene rings is 1. The third-order valence-corrected chi connectivity index (χ3v) is 6.48. The van der Waals surface area contributed by atoms with E-state index in [1.165, 1.54) is 30.2 Å². The van der Waals surface area contributed by atoms with Crippen molar-refractivity contribution in [3.8, 4) is 11.6 Å². The SMILES string of the molecule is NC(=O)CCn1c(SCc2nnc(C(=O)NCc3ccc(F)cc3)s2)nnc1-c1ccco1. The van der Waals surface area contributed by atoms with Gasteiger partial charge in [0.2, 0.25) is 10.9 Å². The molecular weight excluding hydrogens is 469 g/mol. The summed E-state index contributed by atoms with van der Waals surface area (Å²) in [4.78, 5) is 23.6. The average molecular weight is 488 g/mol. The molecule has 3 N–H and O–H groups in total. The summed E-state index contributed by atoms with van der Waals surface area (Å²) in [6.45, 7) is 0.551. The summed E-state index contributed by atoms with van der Waals surface area (Å²) in [6, 6.07) is 9.36. The maximum Gasteiger partial charge on any atom is 0.282 e. The van der Waals surface area contributed by atoms with E-state index in [0.29, 0.717) is 34.0 Å². The molecule has 13 heteroatoms. The lowest BCUT2D eigenvalue weighted by Gasteiger charge is -2.07. The monoisotopic (exact) mass is 487 g/mol. The molecule has 4 rings (SSSR count). The summed E-state index contributed by atoms with van der Waals surface area (Å²) >= 11 is 2.50. The fraction of sp³-hybridized carbons (Fsp3) is 0.200. The number of nitrogens with one attached hydrogen (secondary N) is 1. The molecule has 0 unspecified atom stereocenters. The Kier molecular flexibility index (Phi) is 7.10. The predicted octanol–water partition coefficient (Wildman–Crippen LogP) is 2.63. The van der Waals surface area contributed by atoms with Crippen molar-refractivity contribution in [3.05, 3.63) is 64.1 Å². The van der Waals surface area contributed by atoms with Crippen LogP contribution in [0.25, 0.3) is 11.6 Å². The Balaban J connectivity index is 1.39. The Hall–Kier alpha value is -3.58. The van der Waals surface area contributed by atoms with Crippen molar-refractivity contribution < 1.29 is 18.4 Å². The van der Waals surface area contributed by atoms with Gasteiger partial charge in [0.25, 0.3) is 5.91 Å². The van der Waals surface area contributed by atoms with Crippen LogP contribution < -0.4 is 11.1 Å². The van der Waals surface area contributed by atoms with Gasteiger partial charge in [0.05, 0.1) is 12.0 Å². The highest BCUT2D eigenvalue weighted by atomic mass is 32.2. The Morgan fingerprint density at radius 2 is 1.97 bits per heavy atom. The highest BCUT2D eigenvalue weighted by Crippen LogP contribution is 2.28. The molecule has 0 bridgehead atoms. The van der Waals surface area contributed by atoms with Gasteiger partial charge in [-0.25, -0.2) is 4.39 Å². The third-order valence-electron chi connectivity index (χ3n) is 4.39. The fourth-order valence-corrected chi connectivity index (χ4v) is 4.50. The van der Waals surface area contributed by atoms with Crippen LogP contribution in [0.3, 0.4) is 0 Å². The number of nitrogens with zero attached hydrogens (tertiary/aromatic N) is 5. The number of carbonyl (C=O) groups is 2.